The van der Waals surface area contributed by atoms with Gasteiger partial charge in [-0.3, -0.25) is 19.7 Å². The second kappa shape index (κ2) is 14.8. The number of fused-ring (bicyclic) bond motifs is 2. The van der Waals surface area contributed by atoms with Crippen molar-refractivity contribution < 1.29 is 25.8 Å². The van der Waals surface area contributed by atoms with E-state index in [9.17, 15) is 21.6 Å². The summed E-state index contributed by atoms with van der Waals surface area (Å²) in [6.07, 6.45) is 6.30. The van der Waals surface area contributed by atoms with Crippen LogP contribution >= 0.6 is 0 Å². The first kappa shape index (κ1) is 35.2. The number of carbonyl (C=O) groups is 1. The molecule has 0 unspecified atom stereocenters. The molecule has 1 aliphatic heterocycles. The molecular formula is C39H37N5O6S2. The highest BCUT2D eigenvalue weighted by molar-refractivity contribution is 7.89. The van der Waals surface area contributed by atoms with Gasteiger partial charge in [0, 0.05) is 86.1 Å². The van der Waals surface area contributed by atoms with Gasteiger partial charge in [0.15, 0.2) is 0 Å². The summed E-state index contributed by atoms with van der Waals surface area (Å²) in [5.41, 5.74) is 1.82. The van der Waals surface area contributed by atoms with Gasteiger partial charge in [-0.05, 0) is 53.9 Å². The lowest BCUT2D eigenvalue weighted by molar-refractivity contribution is -0.136. The van der Waals surface area contributed by atoms with Gasteiger partial charge in [0.2, 0.25) is 15.9 Å². The Kier molecular flexibility index (Phi) is 10.0. The zero-order chi connectivity index (χ0) is 36.3. The highest BCUT2D eigenvalue weighted by atomic mass is 32.2. The number of benzene rings is 4. The second-order valence-electron chi connectivity index (χ2n) is 12.7. The van der Waals surface area contributed by atoms with Crippen LogP contribution in [0, 0.1) is 0 Å². The van der Waals surface area contributed by atoms with E-state index in [4.69, 9.17) is 4.18 Å². The van der Waals surface area contributed by atoms with E-state index in [0.29, 0.717) is 53.3 Å². The van der Waals surface area contributed by atoms with Crippen molar-refractivity contribution in [2.75, 3.05) is 33.2 Å². The van der Waals surface area contributed by atoms with Crippen LogP contribution in [0.4, 0.5) is 0 Å². The predicted octanol–water partition coefficient (Wildman–Crippen LogP) is 5.13. The molecule has 7 rings (SSSR count). The first-order valence-electron chi connectivity index (χ1n) is 16.8. The van der Waals surface area contributed by atoms with E-state index < -0.39 is 26.2 Å². The third kappa shape index (κ3) is 7.39. The van der Waals surface area contributed by atoms with Crippen molar-refractivity contribution in [2.24, 2.45) is 0 Å². The average molecular weight is 736 g/mol. The maximum absolute atomic E-state index is 14.4. The van der Waals surface area contributed by atoms with E-state index in [0.717, 1.165) is 10.8 Å². The van der Waals surface area contributed by atoms with Crippen LogP contribution in [-0.4, -0.2) is 86.1 Å². The molecule has 0 saturated carbocycles. The number of amides is 1. The summed E-state index contributed by atoms with van der Waals surface area (Å²) in [6, 6.07) is 28.5. The smallest absolute Gasteiger partial charge is 0.339 e. The molecule has 1 atom stereocenters. The number of nitrogens with zero attached hydrogens (tertiary/aromatic N) is 5. The van der Waals surface area contributed by atoms with E-state index in [2.05, 4.69) is 27.0 Å². The van der Waals surface area contributed by atoms with Crippen molar-refractivity contribution in [1.82, 2.24) is 24.1 Å². The number of hydrogen-bond donors (Lipinski definition) is 0. The van der Waals surface area contributed by atoms with Crippen molar-refractivity contribution >= 4 is 47.6 Å². The Morgan fingerprint density at radius 1 is 0.712 bits per heavy atom. The molecule has 13 heteroatoms. The highest BCUT2D eigenvalue weighted by Gasteiger charge is 2.37. The van der Waals surface area contributed by atoms with Crippen LogP contribution in [-0.2, 0) is 37.9 Å². The van der Waals surface area contributed by atoms with Crippen LogP contribution in [0.25, 0.3) is 21.5 Å². The Morgan fingerprint density at radius 2 is 1.31 bits per heavy atom. The monoisotopic (exact) mass is 735 g/mol. The number of hydrogen-bond acceptors (Lipinski definition) is 9. The lowest BCUT2D eigenvalue weighted by Crippen LogP contribution is -2.55. The van der Waals surface area contributed by atoms with Crippen LogP contribution in [0.5, 0.6) is 5.75 Å². The Balaban J connectivity index is 1.14. The predicted molar refractivity (Wildman–Crippen MR) is 198 cm³/mol. The molecule has 1 fully saturated rings. The lowest BCUT2D eigenvalue weighted by atomic mass is 10.0. The fourth-order valence-electron chi connectivity index (χ4n) is 6.58. The first-order valence-corrected chi connectivity index (χ1v) is 19.7. The van der Waals surface area contributed by atoms with Gasteiger partial charge >= 0.3 is 10.1 Å². The Labute approximate surface area is 303 Å². The maximum Gasteiger partial charge on any atom is 0.339 e. The molecular weight excluding hydrogens is 699 g/mol. The molecule has 4 aromatic carbocycles. The van der Waals surface area contributed by atoms with E-state index in [1.165, 1.54) is 43.1 Å². The topological polar surface area (TPSA) is 130 Å². The van der Waals surface area contributed by atoms with E-state index >= 15 is 0 Å². The molecule has 266 valence electrons. The third-order valence-electron chi connectivity index (χ3n) is 9.42. The van der Waals surface area contributed by atoms with Crippen molar-refractivity contribution in [1.29, 1.82) is 0 Å². The normalized spacial score (nSPS) is 14.8. The van der Waals surface area contributed by atoms with Crippen LogP contribution in [0.3, 0.4) is 0 Å². The summed E-state index contributed by atoms with van der Waals surface area (Å²) < 4.78 is 61.9. The molecule has 0 spiro atoms. The Hall–Kier alpha value is -5.21. The standard InChI is InChI=1S/C39H37N5O6S2/c1-42(51(46,47)37-11-5-9-31-26-40-19-17-34(31)37)36(39(45)44-23-21-43(22-24-44)28-30-7-3-2-4-8-30)25-29-13-15-33(16-14-29)50-52(48,49)38-12-6-10-32-27-41-20-18-35(32)38/h2-20,26-27,36H,21-25,28H2,1H3/t36-/m0/s1. The van der Waals surface area contributed by atoms with Crippen LogP contribution in [0.2, 0.25) is 0 Å². The van der Waals surface area contributed by atoms with Gasteiger partial charge in [0.25, 0.3) is 0 Å². The Bertz CT molecular complexity index is 2430. The molecule has 3 heterocycles. The van der Waals surface area contributed by atoms with E-state index in [1.54, 1.807) is 72.0 Å². The molecule has 1 saturated heterocycles. The van der Waals surface area contributed by atoms with Gasteiger partial charge in [-0.15, -0.1) is 0 Å². The van der Waals surface area contributed by atoms with Gasteiger partial charge in [0.05, 0.1) is 4.90 Å². The van der Waals surface area contributed by atoms with Gasteiger partial charge in [-0.2, -0.15) is 12.7 Å². The molecule has 6 aromatic rings. The quantitative estimate of drug-likeness (QED) is 0.166. The first-order chi connectivity index (χ1) is 25.1. The second-order valence-corrected chi connectivity index (χ2v) is 16.2. The minimum Gasteiger partial charge on any atom is -0.379 e. The molecule has 0 N–H and O–H groups in total. The zero-order valence-corrected chi connectivity index (χ0v) is 30.1. The lowest BCUT2D eigenvalue weighted by Gasteiger charge is -2.38. The summed E-state index contributed by atoms with van der Waals surface area (Å²) >= 11 is 0. The minimum atomic E-state index is -4.19. The number of piperazine rings is 1. The van der Waals surface area contributed by atoms with Gasteiger partial charge in [0.1, 0.15) is 16.7 Å². The minimum absolute atomic E-state index is 0.0158. The largest absolute Gasteiger partial charge is 0.379 e. The van der Waals surface area contributed by atoms with Crippen molar-refractivity contribution in [3.8, 4) is 5.75 Å². The maximum atomic E-state index is 14.4. The number of rotatable bonds is 11. The van der Waals surface area contributed by atoms with E-state index in [1.807, 2.05) is 18.2 Å². The molecule has 0 radical (unpaired) electrons. The summed E-state index contributed by atoms with van der Waals surface area (Å²) in [5, 5.41) is 2.33. The number of carbonyl (C=O) groups excluding carboxylic acids is 1. The van der Waals surface area contributed by atoms with Crippen molar-refractivity contribution in [2.45, 2.75) is 28.8 Å². The zero-order valence-electron chi connectivity index (χ0n) is 28.4. The van der Waals surface area contributed by atoms with Crippen LogP contribution in [0.15, 0.2) is 138 Å². The Morgan fingerprint density at radius 3 is 1.94 bits per heavy atom. The van der Waals surface area contributed by atoms with E-state index in [-0.39, 0.29) is 27.9 Å². The highest BCUT2D eigenvalue weighted by Crippen LogP contribution is 2.29. The summed E-state index contributed by atoms with van der Waals surface area (Å²) in [4.78, 5) is 26.7. The number of pyridine rings is 2. The molecule has 0 aliphatic carbocycles. The third-order valence-corrected chi connectivity index (χ3v) is 12.7. The summed E-state index contributed by atoms with van der Waals surface area (Å²) in [5.74, 6) is -0.224. The molecule has 0 bridgehead atoms. The fourth-order valence-corrected chi connectivity index (χ4v) is 9.26. The van der Waals surface area contributed by atoms with Crippen LogP contribution < -0.4 is 4.18 Å². The molecule has 1 amide bonds. The van der Waals surface area contributed by atoms with Crippen molar-refractivity contribution in [3.05, 3.63) is 139 Å². The molecule has 52 heavy (non-hydrogen) atoms. The van der Waals surface area contributed by atoms with Crippen LogP contribution in [0.1, 0.15) is 11.1 Å². The fraction of sp³-hybridized carbons (Fsp3) is 0.205. The van der Waals surface area contributed by atoms with Gasteiger partial charge in [-0.25, -0.2) is 8.42 Å². The summed E-state index contributed by atoms with van der Waals surface area (Å²) in [6.45, 7) is 2.95. The van der Waals surface area contributed by atoms with Crippen molar-refractivity contribution in [3.63, 3.8) is 0 Å². The number of aromatic nitrogens is 2. The number of likely N-dealkylation sites (N-methyl/N-ethyl adjacent to an activating group) is 1. The number of sulfonamides is 1. The molecule has 2 aromatic heterocycles. The van der Waals surface area contributed by atoms with Gasteiger partial charge < -0.3 is 9.08 Å². The molecule has 11 nitrogen and oxygen atoms in total. The average Bonchev–Trinajstić information content (AvgIpc) is 3.17. The molecule has 1 aliphatic rings. The summed E-state index contributed by atoms with van der Waals surface area (Å²) in [7, 11) is -6.92. The SMILES string of the molecule is CN([C@@H](Cc1ccc(OS(=O)(=O)c2cccc3cnccc23)cc1)C(=O)N1CCN(Cc2ccccc2)CC1)S(=O)(=O)c1cccc2cnccc12. The van der Waals surface area contributed by atoms with Gasteiger partial charge in [-0.1, -0.05) is 66.7 Å².